The van der Waals surface area contributed by atoms with Gasteiger partial charge in [-0.25, -0.2) is 0 Å². The maximum atomic E-state index is 6.49. The smallest absolute Gasteiger partial charge is 0.210 e. The second-order valence-electron chi connectivity index (χ2n) is 4.79. The van der Waals surface area contributed by atoms with Gasteiger partial charge in [0.15, 0.2) is 5.01 Å². The van der Waals surface area contributed by atoms with Gasteiger partial charge in [-0.15, -0.1) is 21.5 Å². The standard InChI is InChI=1S/C16H9Cl2N3S2/c17-9-5-7-10(8-6-9)19-16-21-20-15(23-16)14-13(18)11-3-1-2-4-12(11)22-14/h1-8H,(H,19,21). The minimum Gasteiger partial charge on any atom is -0.330 e. The molecule has 2 aromatic carbocycles. The van der Waals surface area contributed by atoms with Crippen molar-refractivity contribution >= 4 is 66.8 Å². The second kappa shape index (κ2) is 6.09. The molecule has 1 N–H and O–H groups in total. The summed E-state index contributed by atoms with van der Waals surface area (Å²) in [5.41, 5.74) is 0.916. The van der Waals surface area contributed by atoms with Gasteiger partial charge in [-0.3, -0.25) is 0 Å². The minimum absolute atomic E-state index is 0.700. The van der Waals surface area contributed by atoms with E-state index in [1.807, 2.05) is 42.5 Å². The van der Waals surface area contributed by atoms with Crippen molar-refractivity contribution in [2.75, 3.05) is 5.32 Å². The Morgan fingerprint density at radius 3 is 2.43 bits per heavy atom. The van der Waals surface area contributed by atoms with E-state index in [1.54, 1.807) is 11.3 Å². The molecule has 3 nitrogen and oxygen atoms in total. The van der Waals surface area contributed by atoms with Gasteiger partial charge in [0, 0.05) is 20.8 Å². The summed E-state index contributed by atoms with van der Waals surface area (Å²) in [6.07, 6.45) is 0. The zero-order valence-corrected chi connectivity index (χ0v) is 14.7. The predicted molar refractivity (Wildman–Crippen MR) is 100 cm³/mol. The Kier molecular flexibility index (Phi) is 3.95. The van der Waals surface area contributed by atoms with Gasteiger partial charge in [-0.05, 0) is 30.3 Å². The number of nitrogens with zero attached hydrogens (tertiary/aromatic N) is 2. The van der Waals surface area contributed by atoms with Crippen molar-refractivity contribution in [2.24, 2.45) is 0 Å². The van der Waals surface area contributed by atoms with Gasteiger partial charge in [-0.2, -0.15) is 0 Å². The van der Waals surface area contributed by atoms with E-state index in [4.69, 9.17) is 23.2 Å². The second-order valence-corrected chi connectivity index (χ2v) is 7.63. The molecule has 0 radical (unpaired) electrons. The number of hydrogen-bond donors (Lipinski definition) is 1. The first kappa shape index (κ1) is 14.9. The quantitative estimate of drug-likeness (QED) is 0.444. The summed E-state index contributed by atoms with van der Waals surface area (Å²) < 4.78 is 1.15. The van der Waals surface area contributed by atoms with E-state index in [-0.39, 0.29) is 0 Å². The van der Waals surface area contributed by atoms with Gasteiger partial charge in [0.25, 0.3) is 0 Å². The van der Waals surface area contributed by atoms with E-state index in [1.165, 1.54) is 11.3 Å². The topological polar surface area (TPSA) is 37.8 Å². The highest BCUT2D eigenvalue weighted by molar-refractivity contribution is 7.27. The summed E-state index contributed by atoms with van der Waals surface area (Å²) >= 11 is 15.5. The van der Waals surface area contributed by atoms with Crippen molar-refractivity contribution in [2.45, 2.75) is 0 Å². The number of fused-ring (bicyclic) bond motifs is 1. The first-order chi connectivity index (χ1) is 11.2. The molecule has 4 rings (SSSR count). The number of halogens is 2. The molecule has 0 aliphatic carbocycles. The van der Waals surface area contributed by atoms with E-state index >= 15 is 0 Å². The lowest BCUT2D eigenvalue weighted by atomic mass is 10.2. The predicted octanol–water partition coefficient (Wildman–Crippen LogP) is 6.47. The molecule has 0 fully saturated rings. The molecule has 0 aliphatic heterocycles. The molecule has 2 heterocycles. The molecular weight excluding hydrogens is 369 g/mol. The lowest BCUT2D eigenvalue weighted by Gasteiger charge is -2.00. The van der Waals surface area contributed by atoms with Crippen LogP contribution in [-0.2, 0) is 0 Å². The van der Waals surface area contributed by atoms with E-state index < -0.39 is 0 Å². The van der Waals surface area contributed by atoms with Crippen LogP contribution in [0.25, 0.3) is 20.0 Å². The molecule has 0 bridgehead atoms. The molecule has 0 saturated carbocycles. The third-order valence-electron chi connectivity index (χ3n) is 3.25. The van der Waals surface area contributed by atoms with Crippen LogP contribution in [0.15, 0.2) is 48.5 Å². The normalized spacial score (nSPS) is 11.0. The van der Waals surface area contributed by atoms with Gasteiger partial charge >= 0.3 is 0 Å². The van der Waals surface area contributed by atoms with Crippen LogP contribution in [-0.4, -0.2) is 10.2 Å². The van der Waals surface area contributed by atoms with Crippen LogP contribution in [0.3, 0.4) is 0 Å². The van der Waals surface area contributed by atoms with Crippen molar-refractivity contribution in [1.29, 1.82) is 0 Å². The van der Waals surface area contributed by atoms with E-state index in [0.717, 1.165) is 35.8 Å². The third-order valence-corrected chi connectivity index (χ3v) is 6.17. The maximum Gasteiger partial charge on any atom is 0.210 e. The van der Waals surface area contributed by atoms with Crippen molar-refractivity contribution < 1.29 is 0 Å². The summed E-state index contributed by atoms with van der Waals surface area (Å²) in [5.74, 6) is 0. The molecule has 7 heteroatoms. The molecular formula is C16H9Cl2N3S2. The zero-order valence-electron chi connectivity index (χ0n) is 11.6. The van der Waals surface area contributed by atoms with Gasteiger partial charge < -0.3 is 5.32 Å². The first-order valence-corrected chi connectivity index (χ1v) is 9.13. The van der Waals surface area contributed by atoms with Crippen LogP contribution in [0.5, 0.6) is 0 Å². The van der Waals surface area contributed by atoms with Gasteiger partial charge in [-0.1, -0.05) is 52.7 Å². The molecule has 0 unspecified atom stereocenters. The Morgan fingerprint density at radius 1 is 0.870 bits per heavy atom. The highest BCUT2D eigenvalue weighted by atomic mass is 35.5. The van der Waals surface area contributed by atoms with Crippen LogP contribution in [0.2, 0.25) is 10.0 Å². The highest BCUT2D eigenvalue weighted by Crippen LogP contribution is 2.43. The van der Waals surface area contributed by atoms with Crippen molar-refractivity contribution in [3.8, 4) is 9.88 Å². The molecule has 0 spiro atoms. The molecule has 4 aromatic rings. The summed E-state index contributed by atoms with van der Waals surface area (Å²) in [6, 6.07) is 15.5. The van der Waals surface area contributed by atoms with Crippen molar-refractivity contribution in [3.05, 3.63) is 58.6 Å². The molecule has 0 atom stereocenters. The number of benzene rings is 2. The molecule has 23 heavy (non-hydrogen) atoms. The Morgan fingerprint density at radius 2 is 1.65 bits per heavy atom. The number of anilines is 2. The van der Waals surface area contributed by atoms with Crippen LogP contribution < -0.4 is 5.32 Å². The number of thiophene rings is 1. The van der Waals surface area contributed by atoms with Crippen LogP contribution in [0.4, 0.5) is 10.8 Å². The Hall–Kier alpha value is -1.66. The lowest BCUT2D eigenvalue weighted by Crippen LogP contribution is -1.88. The highest BCUT2D eigenvalue weighted by Gasteiger charge is 2.16. The van der Waals surface area contributed by atoms with Crippen LogP contribution in [0.1, 0.15) is 0 Å². The summed E-state index contributed by atoms with van der Waals surface area (Å²) in [7, 11) is 0. The lowest BCUT2D eigenvalue weighted by molar-refractivity contribution is 1.10. The Labute approximate surface area is 150 Å². The van der Waals surface area contributed by atoms with E-state index in [9.17, 15) is 0 Å². The average Bonchev–Trinajstić information content (AvgIpc) is 3.15. The Bertz CT molecular complexity index is 977. The average molecular weight is 378 g/mol. The van der Waals surface area contributed by atoms with Gasteiger partial charge in [0.1, 0.15) is 0 Å². The maximum absolute atomic E-state index is 6.49. The summed E-state index contributed by atoms with van der Waals surface area (Å²) in [6.45, 7) is 0. The van der Waals surface area contributed by atoms with E-state index in [0.29, 0.717) is 5.02 Å². The fourth-order valence-corrected chi connectivity index (χ4v) is 4.72. The number of nitrogens with one attached hydrogen (secondary N) is 1. The van der Waals surface area contributed by atoms with Crippen LogP contribution >= 0.6 is 45.9 Å². The minimum atomic E-state index is 0.700. The summed E-state index contributed by atoms with van der Waals surface area (Å²) in [5, 5.41) is 15.7. The molecule has 0 aliphatic rings. The number of rotatable bonds is 3. The van der Waals surface area contributed by atoms with Crippen molar-refractivity contribution in [3.63, 3.8) is 0 Å². The molecule has 114 valence electrons. The Balaban J connectivity index is 1.66. The molecule has 2 aromatic heterocycles. The van der Waals surface area contributed by atoms with Crippen molar-refractivity contribution in [1.82, 2.24) is 10.2 Å². The van der Waals surface area contributed by atoms with E-state index in [2.05, 4.69) is 21.6 Å². The van der Waals surface area contributed by atoms with Gasteiger partial charge in [0.2, 0.25) is 5.13 Å². The molecule has 0 amide bonds. The van der Waals surface area contributed by atoms with Crippen LogP contribution in [0, 0.1) is 0 Å². The fourth-order valence-electron chi connectivity index (χ4n) is 2.17. The first-order valence-electron chi connectivity index (χ1n) is 6.74. The number of hydrogen-bond acceptors (Lipinski definition) is 5. The molecule has 0 saturated heterocycles. The third kappa shape index (κ3) is 2.93. The zero-order chi connectivity index (χ0) is 15.8. The largest absolute Gasteiger partial charge is 0.330 e. The fraction of sp³-hybridized carbons (Fsp3) is 0. The monoisotopic (exact) mass is 377 g/mol. The van der Waals surface area contributed by atoms with Gasteiger partial charge in [0.05, 0.1) is 9.90 Å². The SMILES string of the molecule is Clc1ccc(Nc2nnc(-c3sc4ccccc4c3Cl)s2)cc1. The summed E-state index contributed by atoms with van der Waals surface area (Å²) in [4.78, 5) is 0.953. The number of aromatic nitrogens is 2.